The molecule has 43 heavy (non-hydrogen) atoms. The lowest BCUT2D eigenvalue weighted by atomic mass is 10.1. The highest BCUT2D eigenvalue weighted by Gasteiger charge is 2.24. The van der Waals surface area contributed by atoms with Crippen LogP contribution >= 0.6 is 0 Å². The first kappa shape index (κ1) is 30.8. The molecular formula is C33H36N4O6. The minimum atomic E-state index is -0.939. The molecule has 0 saturated heterocycles. The lowest BCUT2D eigenvalue weighted by molar-refractivity contribution is -0.137. The van der Waals surface area contributed by atoms with E-state index in [1.54, 1.807) is 41.9 Å². The molecule has 3 amide bonds. The minimum absolute atomic E-state index is 0.0836. The molecular weight excluding hydrogens is 548 g/mol. The molecule has 0 unspecified atom stereocenters. The number of carbonyl (C=O) groups excluding carboxylic acids is 3. The molecule has 4 N–H and O–H groups in total. The first-order valence-electron chi connectivity index (χ1n) is 14.1. The summed E-state index contributed by atoms with van der Waals surface area (Å²) in [6, 6.07) is 23.1. The van der Waals surface area contributed by atoms with E-state index in [9.17, 15) is 19.2 Å². The van der Waals surface area contributed by atoms with Crippen LogP contribution < -0.4 is 16.0 Å². The number of alkyl carbamates (subject to hydrolysis) is 1. The Balaban J connectivity index is 1.41. The zero-order valence-corrected chi connectivity index (χ0v) is 24.3. The molecule has 10 heteroatoms. The maximum absolute atomic E-state index is 13.5. The van der Waals surface area contributed by atoms with Gasteiger partial charge in [-0.05, 0) is 61.1 Å². The number of hydrogen-bond acceptors (Lipinski definition) is 5. The van der Waals surface area contributed by atoms with E-state index >= 15 is 0 Å². The van der Waals surface area contributed by atoms with Gasteiger partial charge in [0, 0.05) is 36.6 Å². The van der Waals surface area contributed by atoms with Crippen molar-refractivity contribution in [3.05, 3.63) is 101 Å². The number of aromatic nitrogens is 1. The Kier molecular flexibility index (Phi) is 10.5. The van der Waals surface area contributed by atoms with Gasteiger partial charge in [-0.25, -0.2) is 4.79 Å². The number of fused-ring (bicyclic) bond motifs is 1. The number of carboxylic acid groups (broad SMARTS) is 1. The van der Waals surface area contributed by atoms with Gasteiger partial charge in [-0.15, -0.1) is 0 Å². The van der Waals surface area contributed by atoms with Gasteiger partial charge in [-0.1, -0.05) is 60.7 Å². The summed E-state index contributed by atoms with van der Waals surface area (Å²) >= 11 is 0. The Morgan fingerprint density at radius 3 is 2.37 bits per heavy atom. The molecule has 1 heterocycles. The summed E-state index contributed by atoms with van der Waals surface area (Å²) in [5, 5.41) is 18.4. The number of aryl methyl sites for hydroxylation is 3. The van der Waals surface area contributed by atoms with Crippen molar-refractivity contribution in [1.82, 2.24) is 15.2 Å². The van der Waals surface area contributed by atoms with Crippen molar-refractivity contribution in [2.45, 2.75) is 45.3 Å². The second-order valence-corrected chi connectivity index (χ2v) is 10.3. The number of hydrogen-bond donors (Lipinski definition) is 4. The van der Waals surface area contributed by atoms with Crippen LogP contribution in [0, 0.1) is 6.92 Å². The maximum atomic E-state index is 13.5. The molecule has 0 aliphatic heterocycles. The first-order valence-corrected chi connectivity index (χ1v) is 14.1. The standard InChI is InChI=1S/C33H36N4O6/c1-22-10-3-4-13-25(22)21-43-33(42)34-19-9-15-27(31(40)35-26-14-7-5-11-23(26)17-18-30(38)39)36-32(41)29-20-24-12-6-8-16-28(24)37(29)2/h3-8,10-14,16,20,27H,9,15,17-19,21H2,1-2H3,(H,34,42)(H,35,40)(H,36,41)(H,38,39)/t27-/m0/s1. The molecule has 224 valence electrons. The Labute approximate surface area is 250 Å². The quantitative estimate of drug-likeness (QED) is 0.164. The molecule has 4 rings (SSSR count). The van der Waals surface area contributed by atoms with E-state index in [0.717, 1.165) is 22.0 Å². The second kappa shape index (κ2) is 14.7. The van der Waals surface area contributed by atoms with Gasteiger partial charge < -0.3 is 30.4 Å². The number of nitrogens with zero attached hydrogens (tertiary/aromatic N) is 1. The lowest BCUT2D eigenvalue weighted by Gasteiger charge is -2.20. The van der Waals surface area contributed by atoms with Crippen LogP contribution in [-0.4, -0.2) is 46.1 Å². The van der Waals surface area contributed by atoms with Crippen LogP contribution in [0.2, 0.25) is 0 Å². The number of carboxylic acids is 1. The summed E-state index contributed by atoms with van der Waals surface area (Å²) in [5.74, 6) is -1.80. The molecule has 1 atom stereocenters. The van der Waals surface area contributed by atoms with Crippen molar-refractivity contribution in [1.29, 1.82) is 0 Å². The summed E-state index contributed by atoms with van der Waals surface area (Å²) in [6.45, 7) is 2.32. The van der Waals surface area contributed by atoms with Gasteiger partial charge in [0.1, 0.15) is 18.3 Å². The fourth-order valence-electron chi connectivity index (χ4n) is 4.79. The molecule has 10 nitrogen and oxygen atoms in total. The Morgan fingerprint density at radius 1 is 0.930 bits per heavy atom. The average molecular weight is 585 g/mol. The first-order chi connectivity index (χ1) is 20.7. The summed E-state index contributed by atoms with van der Waals surface area (Å²) < 4.78 is 7.09. The van der Waals surface area contributed by atoms with Crippen LogP contribution in [0.1, 0.15) is 46.4 Å². The Hall–Kier alpha value is -5.12. The van der Waals surface area contributed by atoms with Crippen molar-refractivity contribution in [3.8, 4) is 0 Å². The third-order valence-electron chi connectivity index (χ3n) is 7.25. The number of carbonyl (C=O) groups is 4. The summed E-state index contributed by atoms with van der Waals surface area (Å²) in [6.07, 6.45) is 0.202. The summed E-state index contributed by atoms with van der Waals surface area (Å²) in [5.41, 5.74) is 4.38. The molecule has 4 aromatic rings. The van der Waals surface area contributed by atoms with Gasteiger partial charge >= 0.3 is 12.1 Å². The number of aliphatic carboxylic acids is 1. The largest absolute Gasteiger partial charge is 0.481 e. The fraction of sp³-hybridized carbons (Fsp3) is 0.273. The number of para-hydroxylation sites is 2. The van der Waals surface area contributed by atoms with Gasteiger partial charge in [-0.3, -0.25) is 14.4 Å². The molecule has 0 saturated carbocycles. The molecule has 0 aliphatic carbocycles. The minimum Gasteiger partial charge on any atom is -0.481 e. The van der Waals surface area contributed by atoms with Gasteiger partial charge in [-0.2, -0.15) is 0 Å². The number of anilines is 1. The van der Waals surface area contributed by atoms with Crippen LogP contribution in [0.25, 0.3) is 10.9 Å². The number of rotatable bonds is 13. The predicted molar refractivity (Wildman–Crippen MR) is 164 cm³/mol. The van der Waals surface area contributed by atoms with E-state index in [2.05, 4.69) is 16.0 Å². The van der Waals surface area contributed by atoms with E-state index in [1.165, 1.54) is 0 Å². The van der Waals surface area contributed by atoms with E-state index in [0.29, 0.717) is 23.4 Å². The molecule has 0 fully saturated rings. The highest BCUT2D eigenvalue weighted by molar-refractivity contribution is 6.03. The van der Waals surface area contributed by atoms with Crippen molar-refractivity contribution < 1.29 is 29.0 Å². The van der Waals surface area contributed by atoms with Crippen LogP contribution in [0.5, 0.6) is 0 Å². The molecule has 0 spiro atoms. The van der Waals surface area contributed by atoms with Crippen LogP contribution in [0.3, 0.4) is 0 Å². The Morgan fingerprint density at radius 2 is 1.63 bits per heavy atom. The zero-order chi connectivity index (χ0) is 30.8. The molecule has 1 aromatic heterocycles. The van der Waals surface area contributed by atoms with Crippen LogP contribution in [-0.2, 0) is 34.4 Å². The molecule has 0 bridgehead atoms. The second-order valence-electron chi connectivity index (χ2n) is 10.3. The van der Waals surface area contributed by atoms with Crippen molar-refractivity contribution in [2.75, 3.05) is 11.9 Å². The summed E-state index contributed by atoms with van der Waals surface area (Å²) in [4.78, 5) is 50.2. The molecule has 0 radical (unpaired) electrons. The van der Waals surface area contributed by atoms with Crippen molar-refractivity contribution in [3.63, 3.8) is 0 Å². The molecule has 0 aliphatic rings. The van der Waals surface area contributed by atoms with Crippen LogP contribution in [0.4, 0.5) is 10.5 Å². The zero-order valence-electron chi connectivity index (χ0n) is 24.3. The van der Waals surface area contributed by atoms with Crippen molar-refractivity contribution >= 4 is 40.5 Å². The number of benzene rings is 3. The SMILES string of the molecule is Cc1ccccc1COC(=O)NCCC[C@H](NC(=O)c1cc2ccccc2n1C)C(=O)Nc1ccccc1CCC(=O)O. The van der Waals surface area contributed by atoms with E-state index in [4.69, 9.17) is 9.84 Å². The van der Waals surface area contributed by atoms with Crippen LogP contribution in [0.15, 0.2) is 78.9 Å². The fourth-order valence-corrected chi connectivity index (χ4v) is 4.79. The topological polar surface area (TPSA) is 139 Å². The third kappa shape index (κ3) is 8.45. The summed E-state index contributed by atoms with van der Waals surface area (Å²) in [7, 11) is 1.79. The number of nitrogens with one attached hydrogen (secondary N) is 3. The number of amides is 3. The Bertz CT molecular complexity index is 1610. The smallest absolute Gasteiger partial charge is 0.407 e. The number of ether oxygens (including phenoxy) is 1. The van der Waals surface area contributed by atoms with Gasteiger partial charge in [0.15, 0.2) is 0 Å². The molecule has 3 aromatic carbocycles. The average Bonchev–Trinajstić information content (AvgIpc) is 3.34. The van der Waals surface area contributed by atoms with E-state index in [1.807, 2.05) is 55.5 Å². The van der Waals surface area contributed by atoms with Crippen molar-refractivity contribution in [2.24, 2.45) is 7.05 Å². The normalized spacial score (nSPS) is 11.5. The third-order valence-corrected chi connectivity index (χ3v) is 7.25. The lowest BCUT2D eigenvalue weighted by Crippen LogP contribution is -2.44. The predicted octanol–water partition coefficient (Wildman–Crippen LogP) is 4.95. The van der Waals surface area contributed by atoms with Gasteiger partial charge in [0.2, 0.25) is 5.91 Å². The highest BCUT2D eigenvalue weighted by Crippen LogP contribution is 2.20. The van der Waals surface area contributed by atoms with E-state index in [-0.39, 0.29) is 32.4 Å². The van der Waals surface area contributed by atoms with Gasteiger partial charge in [0.25, 0.3) is 5.91 Å². The van der Waals surface area contributed by atoms with Gasteiger partial charge in [0.05, 0.1) is 0 Å². The van der Waals surface area contributed by atoms with E-state index < -0.39 is 29.9 Å². The highest BCUT2D eigenvalue weighted by atomic mass is 16.5. The monoisotopic (exact) mass is 584 g/mol. The maximum Gasteiger partial charge on any atom is 0.407 e.